The van der Waals surface area contributed by atoms with Crippen molar-refractivity contribution in [3.63, 3.8) is 0 Å². The van der Waals surface area contributed by atoms with E-state index < -0.39 is 0 Å². The second-order valence-corrected chi connectivity index (χ2v) is 8.22. The van der Waals surface area contributed by atoms with Gasteiger partial charge in [-0.15, -0.1) is 0 Å². The van der Waals surface area contributed by atoms with Gasteiger partial charge in [0.25, 0.3) is 0 Å². The summed E-state index contributed by atoms with van der Waals surface area (Å²) in [4.78, 5) is 2.76. The maximum atomic E-state index is 3.88. The third kappa shape index (κ3) is 3.76. The van der Waals surface area contributed by atoms with E-state index in [1.807, 2.05) is 0 Å². The van der Waals surface area contributed by atoms with Crippen molar-refractivity contribution in [2.45, 2.75) is 78.8 Å². The molecule has 1 N–H and O–H groups in total. The molecule has 118 valence electrons. The Labute approximate surface area is 126 Å². The van der Waals surface area contributed by atoms with Crippen LogP contribution in [0, 0.1) is 17.3 Å². The largest absolute Gasteiger partial charge is 0.313 e. The van der Waals surface area contributed by atoms with Crippen LogP contribution in [0.2, 0.25) is 0 Å². The molecule has 2 heteroatoms. The molecular weight excluding hydrogens is 244 g/mol. The first-order valence-electron chi connectivity index (χ1n) is 8.91. The van der Waals surface area contributed by atoms with Gasteiger partial charge in [0.15, 0.2) is 0 Å². The summed E-state index contributed by atoms with van der Waals surface area (Å²) in [5.41, 5.74) is 0.465. The zero-order valence-electron chi connectivity index (χ0n) is 14.4. The van der Waals surface area contributed by atoms with E-state index >= 15 is 0 Å². The molecule has 0 amide bonds. The van der Waals surface area contributed by atoms with Crippen LogP contribution in [0.1, 0.15) is 66.7 Å². The van der Waals surface area contributed by atoms with Gasteiger partial charge in [-0.1, -0.05) is 34.1 Å². The van der Waals surface area contributed by atoms with E-state index in [0.717, 1.165) is 17.9 Å². The molecule has 4 atom stereocenters. The van der Waals surface area contributed by atoms with Gasteiger partial charge in [0.1, 0.15) is 0 Å². The van der Waals surface area contributed by atoms with E-state index in [4.69, 9.17) is 0 Å². The Morgan fingerprint density at radius 2 is 2.00 bits per heavy atom. The van der Waals surface area contributed by atoms with Crippen molar-refractivity contribution in [1.82, 2.24) is 10.2 Å². The fraction of sp³-hybridized carbons (Fsp3) is 1.00. The van der Waals surface area contributed by atoms with Crippen LogP contribution < -0.4 is 5.32 Å². The summed E-state index contributed by atoms with van der Waals surface area (Å²) in [6.45, 7) is 15.9. The lowest BCUT2D eigenvalue weighted by molar-refractivity contribution is 0.0764. The van der Waals surface area contributed by atoms with Crippen LogP contribution in [0.5, 0.6) is 0 Å². The lowest BCUT2D eigenvalue weighted by Crippen LogP contribution is -2.53. The van der Waals surface area contributed by atoms with Gasteiger partial charge in [-0.05, 0) is 56.4 Å². The number of hydrogen-bond donors (Lipinski definition) is 1. The molecule has 20 heavy (non-hydrogen) atoms. The van der Waals surface area contributed by atoms with Gasteiger partial charge in [-0.25, -0.2) is 0 Å². The van der Waals surface area contributed by atoms with Gasteiger partial charge in [0, 0.05) is 25.2 Å². The minimum Gasteiger partial charge on any atom is -0.313 e. The zero-order chi connectivity index (χ0) is 14.8. The van der Waals surface area contributed by atoms with Gasteiger partial charge in [0.2, 0.25) is 0 Å². The van der Waals surface area contributed by atoms with E-state index in [1.54, 1.807) is 0 Å². The summed E-state index contributed by atoms with van der Waals surface area (Å²) in [6.07, 6.45) is 6.86. The number of likely N-dealkylation sites (tertiary alicyclic amines) is 1. The standard InChI is InChI=1S/C18H36N2/c1-6-10-19-17-16(8-7-9-18(17,4)5)13-20-12-14(2)11-15(20)3/h14-17,19H,6-13H2,1-5H3. The molecule has 0 aromatic rings. The molecule has 0 radical (unpaired) electrons. The average molecular weight is 280 g/mol. The van der Waals surface area contributed by atoms with Crippen LogP contribution >= 0.6 is 0 Å². The Morgan fingerprint density at radius 3 is 2.60 bits per heavy atom. The van der Waals surface area contributed by atoms with Crippen LogP contribution in [-0.2, 0) is 0 Å². The molecule has 4 unspecified atom stereocenters. The predicted octanol–water partition coefficient (Wildman–Crippen LogP) is 3.91. The van der Waals surface area contributed by atoms with Crippen molar-refractivity contribution in [2.75, 3.05) is 19.6 Å². The molecule has 0 aromatic heterocycles. The van der Waals surface area contributed by atoms with Crippen LogP contribution in [0.4, 0.5) is 0 Å². The molecule has 1 heterocycles. The van der Waals surface area contributed by atoms with Crippen LogP contribution in [0.25, 0.3) is 0 Å². The number of nitrogens with zero attached hydrogens (tertiary/aromatic N) is 1. The second kappa shape index (κ2) is 6.79. The predicted molar refractivity (Wildman–Crippen MR) is 88.0 cm³/mol. The van der Waals surface area contributed by atoms with Gasteiger partial charge in [0.05, 0.1) is 0 Å². The van der Waals surface area contributed by atoms with Crippen LogP contribution in [-0.4, -0.2) is 36.6 Å². The highest BCUT2D eigenvalue weighted by atomic mass is 15.2. The third-order valence-corrected chi connectivity index (χ3v) is 5.71. The highest BCUT2D eigenvalue weighted by molar-refractivity contribution is 4.95. The summed E-state index contributed by atoms with van der Waals surface area (Å²) < 4.78 is 0. The molecule has 2 nitrogen and oxygen atoms in total. The Hall–Kier alpha value is -0.0800. The third-order valence-electron chi connectivity index (χ3n) is 5.71. The van der Waals surface area contributed by atoms with Gasteiger partial charge in [-0.3, -0.25) is 0 Å². The minimum absolute atomic E-state index is 0.465. The van der Waals surface area contributed by atoms with E-state index in [2.05, 4.69) is 44.8 Å². The zero-order valence-corrected chi connectivity index (χ0v) is 14.4. The van der Waals surface area contributed by atoms with E-state index in [9.17, 15) is 0 Å². The SMILES string of the molecule is CCCNC1C(CN2CC(C)CC2C)CCCC1(C)C. The molecule has 1 saturated carbocycles. The molecule has 1 aliphatic heterocycles. The second-order valence-electron chi connectivity index (χ2n) is 8.22. The quantitative estimate of drug-likeness (QED) is 0.821. The Kier molecular flexibility index (Phi) is 5.53. The fourth-order valence-corrected chi connectivity index (χ4v) is 4.66. The molecule has 1 aliphatic carbocycles. The topological polar surface area (TPSA) is 15.3 Å². The summed E-state index contributed by atoms with van der Waals surface area (Å²) in [5, 5.41) is 3.88. The first kappa shape index (κ1) is 16.3. The summed E-state index contributed by atoms with van der Waals surface area (Å²) in [5.74, 6) is 1.74. The van der Waals surface area contributed by atoms with Gasteiger partial charge >= 0.3 is 0 Å². The highest BCUT2D eigenvalue weighted by Crippen LogP contribution is 2.40. The normalized spacial score (nSPS) is 38.2. The molecular formula is C18H36N2. The van der Waals surface area contributed by atoms with Crippen molar-refractivity contribution in [3.8, 4) is 0 Å². The van der Waals surface area contributed by atoms with Gasteiger partial charge < -0.3 is 10.2 Å². The lowest BCUT2D eigenvalue weighted by atomic mass is 9.67. The fourth-order valence-electron chi connectivity index (χ4n) is 4.66. The Balaban J connectivity index is 1.99. The smallest absolute Gasteiger partial charge is 0.0159 e. The molecule has 2 fully saturated rings. The Bertz CT molecular complexity index is 300. The molecule has 0 spiro atoms. The maximum absolute atomic E-state index is 3.88. The molecule has 1 saturated heterocycles. The number of hydrogen-bond acceptors (Lipinski definition) is 2. The first-order chi connectivity index (χ1) is 9.44. The number of nitrogens with one attached hydrogen (secondary N) is 1. The minimum atomic E-state index is 0.465. The molecule has 0 bridgehead atoms. The molecule has 2 rings (SSSR count). The van der Waals surface area contributed by atoms with Crippen molar-refractivity contribution >= 4 is 0 Å². The lowest BCUT2D eigenvalue weighted by Gasteiger charge is -2.46. The van der Waals surface area contributed by atoms with Crippen molar-refractivity contribution in [1.29, 1.82) is 0 Å². The van der Waals surface area contributed by atoms with Crippen molar-refractivity contribution in [3.05, 3.63) is 0 Å². The highest BCUT2D eigenvalue weighted by Gasteiger charge is 2.40. The van der Waals surface area contributed by atoms with Gasteiger partial charge in [-0.2, -0.15) is 0 Å². The summed E-state index contributed by atoms with van der Waals surface area (Å²) in [6, 6.07) is 1.50. The van der Waals surface area contributed by atoms with E-state index in [0.29, 0.717) is 11.5 Å². The van der Waals surface area contributed by atoms with Crippen LogP contribution in [0.3, 0.4) is 0 Å². The summed E-state index contributed by atoms with van der Waals surface area (Å²) >= 11 is 0. The first-order valence-corrected chi connectivity index (χ1v) is 8.91. The average Bonchev–Trinajstić information content (AvgIpc) is 2.66. The summed E-state index contributed by atoms with van der Waals surface area (Å²) in [7, 11) is 0. The van der Waals surface area contributed by atoms with Crippen molar-refractivity contribution in [2.24, 2.45) is 17.3 Å². The molecule has 0 aromatic carbocycles. The maximum Gasteiger partial charge on any atom is 0.0159 e. The number of rotatable bonds is 5. The monoisotopic (exact) mass is 280 g/mol. The molecule has 2 aliphatic rings. The van der Waals surface area contributed by atoms with E-state index in [1.165, 1.54) is 51.7 Å². The van der Waals surface area contributed by atoms with Crippen LogP contribution in [0.15, 0.2) is 0 Å². The Morgan fingerprint density at radius 1 is 1.25 bits per heavy atom. The van der Waals surface area contributed by atoms with E-state index in [-0.39, 0.29) is 0 Å². The van der Waals surface area contributed by atoms with Crippen molar-refractivity contribution < 1.29 is 0 Å².